The van der Waals surface area contributed by atoms with E-state index in [2.05, 4.69) is 50.0 Å². The second-order valence-electron chi connectivity index (χ2n) is 6.64. The molecule has 1 saturated heterocycles. The van der Waals surface area contributed by atoms with Crippen LogP contribution in [-0.2, 0) is 6.42 Å². The lowest BCUT2D eigenvalue weighted by Gasteiger charge is -2.35. The van der Waals surface area contributed by atoms with E-state index in [4.69, 9.17) is 4.52 Å². The Morgan fingerprint density at radius 3 is 2.54 bits per heavy atom. The lowest BCUT2D eigenvalue weighted by atomic mass is 10.1. The molecule has 134 valence electrons. The number of hydrogen-bond acceptors (Lipinski definition) is 6. The van der Waals surface area contributed by atoms with Crippen molar-refractivity contribution in [2.45, 2.75) is 13.3 Å². The Balaban J connectivity index is 1.28. The van der Waals surface area contributed by atoms with Gasteiger partial charge in [-0.1, -0.05) is 41.1 Å². The van der Waals surface area contributed by atoms with Crippen molar-refractivity contribution in [3.05, 3.63) is 60.1 Å². The second-order valence-corrected chi connectivity index (χ2v) is 6.64. The Kier molecular flexibility index (Phi) is 4.93. The monoisotopic (exact) mass is 349 g/mol. The maximum absolute atomic E-state index is 5.42. The predicted molar refractivity (Wildman–Crippen MR) is 101 cm³/mol. The average molecular weight is 349 g/mol. The number of nitrogens with zero attached hydrogens (tertiary/aromatic N) is 5. The van der Waals surface area contributed by atoms with Crippen molar-refractivity contribution >= 4 is 5.82 Å². The van der Waals surface area contributed by atoms with Crippen molar-refractivity contribution in [1.82, 2.24) is 20.0 Å². The zero-order valence-corrected chi connectivity index (χ0v) is 15.0. The van der Waals surface area contributed by atoms with E-state index >= 15 is 0 Å². The molecule has 6 nitrogen and oxygen atoms in total. The summed E-state index contributed by atoms with van der Waals surface area (Å²) in [6, 6.07) is 14.2. The van der Waals surface area contributed by atoms with E-state index < -0.39 is 0 Å². The number of rotatable bonds is 5. The standard InChI is InChI=1S/C20H23N5O/c1-16-5-7-17(8-6-16)20-22-19(26-23-20)9-11-24-12-14-25(15-13-24)18-4-2-3-10-21-18/h2-8,10H,9,11-15H2,1H3. The van der Waals surface area contributed by atoms with Gasteiger partial charge in [-0.25, -0.2) is 4.98 Å². The van der Waals surface area contributed by atoms with Crippen LogP contribution in [-0.4, -0.2) is 52.7 Å². The molecule has 1 fully saturated rings. The highest BCUT2D eigenvalue weighted by atomic mass is 16.5. The second kappa shape index (κ2) is 7.66. The van der Waals surface area contributed by atoms with Gasteiger partial charge in [-0.05, 0) is 19.1 Å². The van der Waals surface area contributed by atoms with Gasteiger partial charge in [-0.2, -0.15) is 4.98 Å². The molecule has 4 rings (SSSR count). The molecule has 3 aromatic rings. The van der Waals surface area contributed by atoms with Gasteiger partial charge in [-0.15, -0.1) is 0 Å². The van der Waals surface area contributed by atoms with Crippen molar-refractivity contribution in [1.29, 1.82) is 0 Å². The van der Waals surface area contributed by atoms with Gasteiger partial charge in [0.25, 0.3) is 0 Å². The topological polar surface area (TPSA) is 58.3 Å². The lowest BCUT2D eigenvalue weighted by molar-refractivity contribution is 0.248. The third-order valence-electron chi connectivity index (χ3n) is 4.77. The van der Waals surface area contributed by atoms with E-state index in [1.165, 1.54) is 5.56 Å². The van der Waals surface area contributed by atoms with Crippen molar-refractivity contribution < 1.29 is 4.52 Å². The highest BCUT2D eigenvalue weighted by Gasteiger charge is 2.18. The van der Waals surface area contributed by atoms with Crippen LogP contribution in [0.25, 0.3) is 11.4 Å². The predicted octanol–water partition coefficient (Wildman–Crippen LogP) is 2.80. The molecule has 1 aliphatic rings. The van der Waals surface area contributed by atoms with Crippen LogP contribution in [0.5, 0.6) is 0 Å². The highest BCUT2D eigenvalue weighted by molar-refractivity contribution is 5.54. The lowest BCUT2D eigenvalue weighted by Crippen LogP contribution is -2.47. The minimum atomic E-state index is 0.667. The fraction of sp³-hybridized carbons (Fsp3) is 0.350. The average Bonchev–Trinajstić information content (AvgIpc) is 3.17. The molecule has 0 amide bonds. The number of aryl methyl sites for hydroxylation is 1. The van der Waals surface area contributed by atoms with Gasteiger partial charge >= 0.3 is 0 Å². The van der Waals surface area contributed by atoms with Gasteiger partial charge in [0, 0.05) is 50.9 Å². The number of benzene rings is 1. The molecule has 3 heterocycles. The Morgan fingerprint density at radius 1 is 1.00 bits per heavy atom. The van der Waals surface area contributed by atoms with Gasteiger partial charge < -0.3 is 9.42 Å². The van der Waals surface area contributed by atoms with Crippen LogP contribution in [0.4, 0.5) is 5.82 Å². The third-order valence-corrected chi connectivity index (χ3v) is 4.77. The molecule has 0 bridgehead atoms. The fourth-order valence-electron chi connectivity index (χ4n) is 3.17. The number of aromatic nitrogens is 3. The minimum absolute atomic E-state index is 0.667. The first kappa shape index (κ1) is 16.7. The van der Waals surface area contributed by atoms with Gasteiger partial charge in [0.05, 0.1) is 0 Å². The van der Waals surface area contributed by atoms with Crippen molar-refractivity contribution in [2.24, 2.45) is 0 Å². The molecule has 0 N–H and O–H groups in total. The maximum atomic E-state index is 5.42. The van der Waals surface area contributed by atoms with E-state index in [9.17, 15) is 0 Å². The molecule has 0 atom stereocenters. The fourth-order valence-corrected chi connectivity index (χ4v) is 3.17. The number of piperazine rings is 1. The van der Waals surface area contributed by atoms with Crippen LogP contribution in [0.3, 0.4) is 0 Å². The van der Waals surface area contributed by atoms with Crippen LogP contribution in [0.15, 0.2) is 53.2 Å². The Morgan fingerprint density at radius 2 is 1.81 bits per heavy atom. The van der Waals surface area contributed by atoms with E-state index in [0.717, 1.165) is 50.5 Å². The van der Waals surface area contributed by atoms with E-state index in [-0.39, 0.29) is 0 Å². The SMILES string of the molecule is Cc1ccc(-c2noc(CCN3CCN(c4ccccn4)CC3)n2)cc1. The first-order chi connectivity index (χ1) is 12.8. The van der Waals surface area contributed by atoms with Crippen LogP contribution in [0.2, 0.25) is 0 Å². The summed E-state index contributed by atoms with van der Waals surface area (Å²) in [7, 11) is 0. The highest BCUT2D eigenvalue weighted by Crippen LogP contribution is 2.17. The smallest absolute Gasteiger partial charge is 0.228 e. The Hall–Kier alpha value is -2.73. The van der Waals surface area contributed by atoms with Crippen molar-refractivity contribution in [3.63, 3.8) is 0 Å². The van der Waals surface area contributed by atoms with E-state index in [1.54, 1.807) is 0 Å². The van der Waals surface area contributed by atoms with Crippen LogP contribution < -0.4 is 4.90 Å². The van der Waals surface area contributed by atoms with Crippen LogP contribution in [0, 0.1) is 6.92 Å². The number of hydrogen-bond donors (Lipinski definition) is 0. The van der Waals surface area contributed by atoms with Gasteiger partial charge in [-0.3, -0.25) is 4.90 Å². The Labute approximate surface area is 153 Å². The molecule has 0 radical (unpaired) electrons. The summed E-state index contributed by atoms with van der Waals surface area (Å²) in [6.07, 6.45) is 2.63. The molecule has 6 heteroatoms. The minimum Gasteiger partial charge on any atom is -0.354 e. The number of anilines is 1. The summed E-state index contributed by atoms with van der Waals surface area (Å²) in [4.78, 5) is 13.7. The summed E-state index contributed by atoms with van der Waals surface area (Å²) < 4.78 is 5.42. The normalized spacial score (nSPS) is 15.3. The first-order valence-electron chi connectivity index (χ1n) is 9.06. The van der Waals surface area contributed by atoms with Gasteiger partial charge in [0.2, 0.25) is 11.7 Å². The number of pyridine rings is 1. The molecule has 0 aliphatic carbocycles. The van der Waals surface area contributed by atoms with Crippen molar-refractivity contribution in [2.75, 3.05) is 37.6 Å². The quantitative estimate of drug-likeness (QED) is 0.706. The summed E-state index contributed by atoms with van der Waals surface area (Å²) in [6.45, 7) is 7.04. The molecule has 26 heavy (non-hydrogen) atoms. The molecule has 0 saturated carbocycles. The maximum Gasteiger partial charge on any atom is 0.228 e. The van der Waals surface area contributed by atoms with E-state index in [0.29, 0.717) is 11.7 Å². The summed E-state index contributed by atoms with van der Waals surface area (Å²) in [5.74, 6) is 2.43. The molecule has 2 aromatic heterocycles. The molecule has 0 unspecified atom stereocenters. The van der Waals surface area contributed by atoms with Crippen LogP contribution >= 0.6 is 0 Å². The van der Waals surface area contributed by atoms with Crippen LogP contribution in [0.1, 0.15) is 11.5 Å². The summed E-state index contributed by atoms with van der Waals surface area (Å²) in [5, 5.41) is 4.11. The summed E-state index contributed by atoms with van der Waals surface area (Å²) >= 11 is 0. The zero-order chi connectivity index (χ0) is 17.8. The molecular weight excluding hydrogens is 326 g/mol. The molecule has 1 aromatic carbocycles. The summed E-state index contributed by atoms with van der Waals surface area (Å²) in [5.41, 5.74) is 2.22. The van der Waals surface area contributed by atoms with Gasteiger partial charge in [0.1, 0.15) is 5.82 Å². The molecule has 1 aliphatic heterocycles. The Bertz CT molecular complexity index is 823. The third kappa shape index (κ3) is 3.91. The van der Waals surface area contributed by atoms with Gasteiger partial charge in [0.15, 0.2) is 0 Å². The first-order valence-corrected chi connectivity index (χ1v) is 9.06. The van der Waals surface area contributed by atoms with Crippen molar-refractivity contribution in [3.8, 4) is 11.4 Å². The molecular formula is C20H23N5O. The zero-order valence-electron chi connectivity index (χ0n) is 15.0. The largest absolute Gasteiger partial charge is 0.354 e. The van der Waals surface area contributed by atoms with E-state index in [1.807, 2.05) is 30.5 Å². The molecule has 0 spiro atoms.